The smallest absolute Gasteiger partial charge is 0.253 e. The van der Waals surface area contributed by atoms with Gasteiger partial charge < -0.3 is 20.1 Å². The largest absolute Gasteiger partial charge is 0.457 e. The van der Waals surface area contributed by atoms with Gasteiger partial charge in [-0.25, -0.2) is 0 Å². The topological polar surface area (TPSA) is 76.7 Å². The fourth-order valence-electron chi connectivity index (χ4n) is 2.67. The van der Waals surface area contributed by atoms with E-state index in [9.17, 15) is 9.59 Å². The number of ether oxygens (including phenoxy) is 2. The van der Waals surface area contributed by atoms with Crippen LogP contribution in [0.15, 0.2) is 78.9 Å². The highest BCUT2D eigenvalue weighted by Gasteiger charge is 2.15. The lowest BCUT2D eigenvalue weighted by atomic mass is 10.2. The Morgan fingerprint density at radius 3 is 2.23 bits per heavy atom. The van der Waals surface area contributed by atoms with E-state index in [1.165, 1.54) is 0 Å². The van der Waals surface area contributed by atoms with E-state index in [0.717, 1.165) is 11.3 Å². The second-order valence-corrected chi connectivity index (χ2v) is 6.80. The fourth-order valence-corrected chi connectivity index (χ4v) is 2.67. The third kappa shape index (κ3) is 6.46. The Hall–Kier alpha value is -3.64. The number of carbonyl (C=O) groups excluding carboxylic acids is 2. The fraction of sp³-hybridized carbons (Fsp3) is 0.167. The first-order valence-electron chi connectivity index (χ1n) is 9.61. The molecule has 6 heteroatoms. The van der Waals surface area contributed by atoms with Gasteiger partial charge in [0.1, 0.15) is 24.2 Å². The lowest BCUT2D eigenvalue weighted by Crippen LogP contribution is -2.31. The quantitative estimate of drug-likeness (QED) is 0.567. The van der Waals surface area contributed by atoms with Gasteiger partial charge in [-0.3, -0.25) is 9.59 Å². The SMILES string of the molecule is Cc1cccc(NC(=O)COC(C)C(=O)Nc2ccc(Oc3ccccc3)cc2)c1. The molecule has 0 spiro atoms. The molecule has 0 saturated carbocycles. The normalized spacial score (nSPS) is 11.4. The molecule has 2 amide bonds. The van der Waals surface area contributed by atoms with Crippen LogP contribution in [0.1, 0.15) is 12.5 Å². The second-order valence-electron chi connectivity index (χ2n) is 6.80. The summed E-state index contributed by atoms with van der Waals surface area (Å²) in [5.41, 5.74) is 2.35. The van der Waals surface area contributed by atoms with Crippen molar-refractivity contribution in [3.8, 4) is 11.5 Å². The molecule has 154 valence electrons. The Morgan fingerprint density at radius 2 is 1.53 bits per heavy atom. The second kappa shape index (κ2) is 10.2. The number of benzene rings is 3. The van der Waals surface area contributed by atoms with E-state index in [4.69, 9.17) is 9.47 Å². The highest BCUT2D eigenvalue weighted by Crippen LogP contribution is 2.22. The van der Waals surface area contributed by atoms with Gasteiger partial charge in [0, 0.05) is 11.4 Å². The number of amides is 2. The van der Waals surface area contributed by atoms with Gasteiger partial charge >= 0.3 is 0 Å². The minimum Gasteiger partial charge on any atom is -0.457 e. The molecule has 30 heavy (non-hydrogen) atoms. The molecular formula is C24H24N2O4. The number of anilines is 2. The van der Waals surface area contributed by atoms with Crippen molar-refractivity contribution in [1.82, 2.24) is 0 Å². The molecule has 0 aromatic heterocycles. The van der Waals surface area contributed by atoms with Crippen molar-refractivity contribution in [1.29, 1.82) is 0 Å². The van der Waals surface area contributed by atoms with Crippen LogP contribution in [-0.2, 0) is 14.3 Å². The van der Waals surface area contributed by atoms with Crippen LogP contribution in [-0.4, -0.2) is 24.5 Å². The molecule has 0 aliphatic heterocycles. The van der Waals surface area contributed by atoms with Gasteiger partial charge in [-0.15, -0.1) is 0 Å². The Balaban J connectivity index is 1.45. The summed E-state index contributed by atoms with van der Waals surface area (Å²) in [4.78, 5) is 24.3. The average molecular weight is 404 g/mol. The Kier molecular flexibility index (Phi) is 7.19. The first-order valence-corrected chi connectivity index (χ1v) is 9.61. The van der Waals surface area contributed by atoms with Gasteiger partial charge in [0.05, 0.1) is 0 Å². The number of para-hydroxylation sites is 1. The number of hydrogen-bond acceptors (Lipinski definition) is 4. The summed E-state index contributed by atoms with van der Waals surface area (Å²) in [6.07, 6.45) is -0.784. The molecule has 0 aliphatic carbocycles. The monoisotopic (exact) mass is 404 g/mol. The highest BCUT2D eigenvalue weighted by molar-refractivity contribution is 5.95. The van der Waals surface area contributed by atoms with Crippen LogP contribution in [0.3, 0.4) is 0 Å². The van der Waals surface area contributed by atoms with Crippen LogP contribution in [0, 0.1) is 6.92 Å². The molecule has 3 aromatic carbocycles. The van der Waals surface area contributed by atoms with E-state index in [-0.39, 0.29) is 18.4 Å². The van der Waals surface area contributed by atoms with E-state index >= 15 is 0 Å². The number of aryl methyl sites for hydroxylation is 1. The van der Waals surface area contributed by atoms with Gasteiger partial charge in [0.25, 0.3) is 5.91 Å². The van der Waals surface area contributed by atoms with Crippen LogP contribution in [0.2, 0.25) is 0 Å². The van der Waals surface area contributed by atoms with Crippen molar-refractivity contribution >= 4 is 23.2 Å². The van der Waals surface area contributed by atoms with Crippen LogP contribution < -0.4 is 15.4 Å². The zero-order valence-corrected chi connectivity index (χ0v) is 16.9. The van der Waals surface area contributed by atoms with Crippen LogP contribution in [0.4, 0.5) is 11.4 Å². The average Bonchev–Trinajstić information content (AvgIpc) is 2.74. The lowest BCUT2D eigenvalue weighted by Gasteiger charge is -2.14. The van der Waals surface area contributed by atoms with Crippen LogP contribution in [0.5, 0.6) is 11.5 Å². The molecule has 3 rings (SSSR count). The summed E-state index contributed by atoms with van der Waals surface area (Å²) in [5, 5.41) is 5.51. The van der Waals surface area contributed by atoms with E-state index in [2.05, 4.69) is 10.6 Å². The molecule has 0 heterocycles. The zero-order valence-electron chi connectivity index (χ0n) is 16.9. The maximum atomic E-state index is 12.3. The van der Waals surface area contributed by atoms with Crippen molar-refractivity contribution in [2.24, 2.45) is 0 Å². The first-order chi connectivity index (χ1) is 14.5. The number of carbonyl (C=O) groups is 2. The zero-order chi connectivity index (χ0) is 21.3. The summed E-state index contributed by atoms with van der Waals surface area (Å²) in [7, 11) is 0. The molecular weight excluding hydrogens is 380 g/mol. The molecule has 0 bridgehead atoms. The number of rotatable bonds is 8. The molecule has 0 fully saturated rings. The molecule has 0 aliphatic rings. The predicted octanol–water partition coefficient (Wildman–Crippen LogP) is 4.77. The molecule has 1 unspecified atom stereocenters. The van der Waals surface area contributed by atoms with Crippen LogP contribution in [0.25, 0.3) is 0 Å². The summed E-state index contributed by atoms with van der Waals surface area (Å²) < 4.78 is 11.1. The van der Waals surface area contributed by atoms with E-state index in [0.29, 0.717) is 17.1 Å². The molecule has 3 aromatic rings. The molecule has 0 radical (unpaired) electrons. The Bertz CT molecular complexity index is 988. The summed E-state index contributed by atoms with van der Waals surface area (Å²) in [6.45, 7) is 3.33. The third-order valence-corrected chi connectivity index (χ3v) is 4.24. The van der Waals surface area contributed by atoms with Crippen molar-refractivity contribution in [3.05, 3.63) is 84.4 Å². The van der Waals surface area contributed by atoms with Gasteiger partial charge in [-0.2, -0.15) is 0 Å². The van der Waals surface area contributed by atoms with Crippen molar-refractivity contribution in [3.63, 3.8) is 0 Å². The number of nitrogens with one attached hydrogen (secondary N) is 2. The molecule has 6 nitrogen and oxygen atoms in total. The maximum Gasteiger partial charge on any atom is 0.253 e. The van der Waals surface area contributed by atoms with Crippen LogP contribution >= 0.6 is 0 Å². The maximum absolute atomic E-state index is 12.3. The minimum absolute atomic E-state index is 0.216. The summed E-state index contributed by atoms with van der Waals surface area (Å²) >= 11 is 0. The lowest BCUT2D eigenvalue weighted by molar-refractivity contribution is -0.131. The van der Waals surface area contributed by atoms with E-state index < -0.39 is 6.10 Å². The standard InChI is InChI=1S/C24H24N2O4/c1-17-7-6-8-20(15-17)25-23(27)16-29-18(2)24(28)26-19-11-13-22(14-12-19)30-21-9-4-3-5-10-21/h3-15,18H,16H2,1-2H3,(H,25,27)(H,26,28). The predicted molar refractivity (Wildman–Crippen MR) is 117 cm³/mol. The molecule has 1 atom stereocenters. The van der Waals surface area contributed by atoms with Gasteiger partial charge in [0.2, 0.25) is 5.91 Å². The molecule has 0 saturated heterocycles. The molecule has 2 N–H and O–H groups in total. The Labute approximate surface area is 175 Å². The van der Waals surface area contributed by atoms with Crippen molar-refractivity contribution in [2.75, 3.05) is 17.2 Å². The summed E-state index contributed by atoms with van der Waals surface area (Å²) in [5.74, 6) is 0.745. The highest BCUT2D eigenvalue weighted by atomic mass is 16.5. The number of hydrogen-bond donors (Lipinski definition) is 2. The Morgan fingerprint density at radius 1 is 0.833 bits per heavy atom. The van der Waals surface area contributed by atoms with Crippen molar-refractivity contribution in [2.45, 2.75) is 20.0 Å². The minimum atomic E-state index is -0.784. The van der Waals surface area contributed by atoms with Gasteiger partial charge in [-0.1, -0.05) is 30.3 Å². The van der Waals surface area contributed by atoms with E-state index in [1.807, 2.05) is 55.5 Å². The summed E-state index contributed by atoms with van der Waals surface area (Å²) in [6, 6.07) is 23.9. The first kappa shape index (κ1) is 21.1. The van der Waals surface area contributed by atoms with E-state index in [1.54, 1.807) is 37.3 Å². The van der Waals surface area contributed by atoms with Gasteiger partial charge in [-0.05, 0) is 67.9 Å². The van der Waals surface area contributed by atoms with Crippen molar-refractivity contribution < 1.29 is 19.1 Å². The third-order valence-electron chi connectivity index (χ3n) is 4.24. The van der Waals surface area contributed by atoms with Gasteiger partial charge in [0.15, 0.2) is 0 Å².